The number of furan rings is 1. The van der Waals surface area contributed by atoms with E-state index in [1.807, 2.05) is 50.2 Å². The van der Waals surface area contributed by atoms with Crippen LogP contribution in [0.4, 0.5) is 4.79 Å². The van der Waals surface area contributed by atoms with Gasteiger partial charge in [-0.15, -0.1) is 0 Å². The lowest BCUT2D eigenvalue weighted by Gasteiger charge is -2.30. The first-order chi connectivity index (χ1) is 12.9. The predicted octanol–water partition coefficient (Wildman–Crippen LogP) is 3.45. The second-order valence-corrected chi connectivity index (χ2v) is 7.27. The fraction of sp³-hybridized carbons (Fsp3) is 0.429. The van der Waals surface area contributed by atoms with Crippen molar-refractivity contribution in [2.75, 3.05) is 27.2 Å². The standard InChI is InChI=1S/C21H29N3O3/c1-17(2)13-24(21(26)22(3)4)16-20(25)23(15-19-11-8-12-27-19)14-18-9-6-5-7-10-18/h5-12,17H,13-16H2,1-4H3. The van der Waals surface area contributed by atoms with Gasteiger partial charge in [0.15, 0.2) is 0 Å². The third kappa shape index (κ3) is 6.47. The smallest absolute Gasteiger partial charge is 0.319 e. The molecule has 2 rings (SSSR count). The van der Waals surface area contributed by atoms with Gasteiger partial charge in [-0.1, -0.05) is 44.2 Å². The van der Waals surface area contributed by atoms with Crippen molar-refractivity contribution in [2.45, 2.75) is 26.9 Å². The van der Waals surface area contributed by atoms with Crippen LogP contribution >= 0.6 is 0 Å². The molecule has 0 saturated heterocycles. The van der Waals surface area contributed by atoms with Gasteiger partial charge in [0.05, 0.1) is 12.8 Å². The largest absolute Gasteiger partial charge is 0.467 e. The fourth-order valence-corrected chi connectivity index (χ4v) is 2.82. The summed E-state index contributed by atoms with van der Waals surface area (Å²) in [5.74, 6) is 0.883. The molecule has 0 N–H and O–H groups in total. The molecule has 0 radical (unpaired) electrons. The Balaban J connectivity index is 2.16. The third-order valence-corrected chi connectivity index (χ3v) is 4.06. The molecular weight excluding hydrogens is 342 g/mol. The van der Waals surface area contributed by atoms with Gasteiger partial charge in [0.2, 0.25) is 5.91 Å². The van der Waals surface area contributed by atoms with Crippen LogP contribution in [0.3, 0.4) is 0 Å². The maximum atomic E-state index is 13.1. The Bertz CT molecular complexity index is 712. The zero-order valence-corrected chi connectivity index (χ0v) is 16.6. The molecule has 3 amide bonds. The van der Waals surface area contributed by atoms with Gasteiger partial charge < -0.3 is 19.1 Å². The topological polar surface area (TPSA) is 57.0 Å². The molecule has 0 fully saturated rings. The lowest BCUT2D eigenvalue weighted by Crippen LogP contribution is -2.47. The Morgan fingerprint density at radius 2 is 1.67 bits per heavy atom. The summed E-state index contributed by atoms with van der Waals surface area (Å²) >= 11 is 0. The third-order valence-electron chi connectivity index (χ3n) is 4.06. The summed E-state index contributed by atoms with van der Waals surface area (Å²) in [7, 11) is 3.40. The van der Waals surface area contributed by atoms with E-state index in [1.54, 1.807) is 36.2 Å². The Morgan fingerprint density at radius 3 is 2.22 bits per heavy atom. The summed E-state index contributed by atoms with van der Waals surface area (Å²) in [4.78, 5) is 30.4. The maximum absolute atomic E-state index is 13.1. The summed E-state index contributed by atoms with van der Waals surface area (Å²) < 4.78 is 5.42. The number of rotatable bonds is 8. The molecule has 0 bridgehead atoms. The lowest BCUT2D eigenvalue weighted by molar-refractivity contribution is -0.133. The first-order valence-electron chi connectivity index (χ1n) is 9.17. The van der Waals surface area contributed by atoms with Crippen molar-refractivity contribution < 1.29 is 14.0 Å². The quantitative estimate of drug-likeness (QED) is 0.714. The van der Waals surface area contributed by atoms with Crippen LogP contribution in [0.1, 0.15) is 25.2 Å². The van der Waals surface area contributed by atoms with Crippen LogP contribution in [0.5, 0.6) is 0 Å². The number of hydrogen-bond donors (Lipinski definition) is 0. The van der Waals surface area contributed by atoms with Crippen LogP contribution < -0.4 is 0 Å². The van der Waals surface area contributed by atoms with Crippen LogP contribution in [0.25, 0.3) is 0 Å². The minimum absolute atomic E-state index is 0.0444. The number of hydrogen-bond acceptors (Lipinski definition) is 3. The SMILES string of the molecule is CC(C)CN(CC(=O)N(Cc1ccccc1)Cc1ccco1)C(=O)N(C)C. The monoisotopic (exact) mass is 371 g/mol. The van der Waals surface area contributed by atoms with Crippen molar-refractivity contribution in [3.8, 4) is 0 Å². The normalized spacial score (nSPS) is 10.7. The number of benzene rings is 1. The van der Waals surface area contributed by atoms with Crippen LogP contribution in [-0.2, 0) is 17.9 Å². The van der Waals surface area contributed by atoms with E-state index in [0.717, 1.165) is 5.56 Å². The molecule has 0 saturated carbocycles. The molecule has 0 atom stereocenters. The van der Waals surface area contributed by atoms with Gasteiger partial charge in [-0.25, -0.2) is 4.79 Å². The zero-order valence-electron chi connectivity index (χ0n) is 16.6. The van der Waals surface area contributed by atoms with Gasteiger partial charge in [-0.2, -0.15) is 0 Å². The Morgan fingerprint density at radius 1 is 0.963 bits per heavy atom. The molecule has 1 heterocycles. The van der Waals surface area contributed by atoms with Gasteiger partial charge in [0, 0.05) is 27.2 Å². The predicted molar refractivity (Wildman–Crippen MR) is 105 cm³/mol. The second-order valence-electron chi connectivity index (χ2n) is 7.27. The summed E-state index contributed by atoms with van der Waals surface area (Å²) in [5, 5.41) is 0. The van der Waals surface area contributed by atoms with Crippen molar-refractivity contribution in [1.29, 1.82) is 0 Å². The van der Waals surface area contributed by atoms with E-state index < -0.39 is 0 Å². The highest BCUT2D eigenvalue weighted by Crippen LogP contribution is 2.12. The molecule has 6 nitrogen and oxygen atoms in total. The van der Waals surface area contributed by atoms with Gasteiger partial charge in [-0.05, 0) is 23.6 Å². The van der Waals surface area contributed by atoms with Crippen molar-refractivity contribution in [2.24, 2.45) is 5.92 Å². The summed E-state index contributed by atoms with van der Waals surface area (Å²) in [5.41, 5.74) is 1.03. The summed E-state index contributed by atoms with van der Waals surface area (Å²) in [6.45, 7) is 5.47. The molecule has 0 aliphatic rings. The number of nitrogens with zero attached hydrogens (tertiary/aromatic N) is 3. The van der Waals surface area contributed by atoms with Gasteiger partial charge >= 0.3 is 6.03 Å². The van der Waals surface area contributed by atoms with Crippen LogP contribution in [0, 0.1) is 5.92 Å². The van der Waals surface area contributed by atoms with Crippen LogP contribution in [0.15, 0.2) is 53.1 Å². The van der Waals surface area contributed by atoms with E-state index in [2.05, 4.69) is 0 Å². The molecule has 146 valence electrons. The van der Waals surface area contributed by atoms with E-state index in [4.69, 9.17) is 4.42 Å². The Kier molecular flexibility index (Phi) is 7.46. The molecule has 0 aliphatic carbocycles. The van der Waals surface area contributed by atoms with Crippen molar-refractivity contribution in [3.63, 3.8) is 0 Å². The molecule has 0 spiro atoms. The minimum atomic E-state index is -0.158. The number of carbonyl (C=O) groups is 2. The zero-order chi connectivity index (χ0) is 19.8. The van der Waals surface area contributed by atoms with Crippen LogP contribution in [0.2, 0.25) is 0 Å². The Hall–Kier alpha value is -2.76. The molecule has 2 aromatic rings. The number of amides is 3. The summed E-state index contributed by atoms with van der Waals surface area (Å²) in [6, 6.07) is 13.3. The summed E-state index contributed by atoms with van der Waals surface area (Å²) in [6.07, 6.45) is 1.60. The molecule has 0 unspecified atom stereocenters. The molecule has 0 aliphatic heterocycles. The second kappa shape index (κ2) is 9.80. The van der Waals surface area contributed by atoms with Gasteiger partial charge in [0.1, 0.15) is 12.3 Å². The molecule has 1 aromatic heterocycles. The van der Waals surface area contributed by atoms with Crippen molar-refractivity contribution in [3.05, 3.63) is 60.1 Å². The maximum Gasteiger partial charge on any atom is 0.319 e. The number of carbonyl (C=O) groups excluding carboxylic acids is 2. The van der Waals surface area contributed by atoms with Gasteiger partial charge in [-0.3, -0.25) is 4.79 Å². The highest BCUT2D eigenvalue weighted by molar-refractivity contribution is 5.84. The first kappa shape index (κ1) is 20.6. The van der Waals surface area contributed by atoms with E-state index in [9.17, 15) is 9.59 Å². The average molecular weight is 371 g/mol. The van der Waals surface area contributed by atoms with E-state index in [1.165, 1.54) is 4.90 Å². The highest BCUT2D eigenvalue weighted by Gasteiger charge is 2.24. The fourth-order valence-electron chi connectivity index (χ4n) is 2.82. The van der Waals surface area contributed by atoms with Gasteiger partial charge in [0.25, 0.3) is 0 Å². The van der Waals surface area contributed by atoms with Crippen molar-refractivity contribution >= 4 is 11.9 Å². The molecule has 6 heteroatoms. The number of urea groups is 1. The lowest BCUT2D eigenvalue weighted by atomic mass is 10.2. The van der Waals surface area contributed by atoms with Crippen LogP contribution in [-0.4, -0.2) is 53.8 Å². The first-order valence-corrected chi connectivity index (χ1v) is 9.17. The average Bonchev–Trinajstić information content (AvgIpc) is 3.13. The highest BCUT2D eigenvalue weighted by atomic mass is 16.3. The molecular formula is C21H29N3O3. The minimum Gasteiger partial charge on any atom is -0.467 e. The molecule has 1 aromatic carbocycles. The Labute approximate surface area is 161 Å². The van der Waals surface area contributed by atoms with E-state index in [-0.39, 0.29) is 24.4 Å². The van der Waals surface area contributed by atoms with Crippen molar-refractivity contribution in [1.82, 2.24) is 14.7 Å². The van der Waals surface area contributed by atoms with E-state index >= 15 is 0 Å². The van der Waals surface area contributed by atoms with E-state index in [0.29, 0.717) is 25.4 Å². The molecule has 27 heavy (non-hydrogen) atoms.